The SMILES string of the molecule is CCc1ccc(CC(=O)OC)c(CCl)c1C#N. The normalized spacial score (nSPS) is 9.76. The Morgan fingerprint density at radius 1 is 1.47 bits per heavy atom. The van der Waals surface area contributed by atoms with E-state index >= 15 is 0 Å². The molecular formula is C13H14ClNO2. The Morgan fingerprint density at radius 3 is 2.59 bits per heavy atom. The number of hydrogen-bond acceptors (Lipinski definition) is 3. The number of methoxy groups -OCH3 is 1. The van der Waals surface area contributed by atoms with Gasteiger partial charge in [0.25, 0.3) is 0 Å². The van der Waals surface area contributed by atoms with E-state index in [4.69, 9.17) is 16.9 Å². The summed E-state index contributed by atoms with van der Waals surface area (Å²) in [6.07, 6.45) is 0.919. The number of rotatable bonds is 4. The van der Waals surface area contributed by atoms with Crippen LogP contribution < -0.4 is 0 Å². The lowest BCUT2D eigenvalue weighted by atomic mass is 9.95. The number of hydrogen-bond donors (Lipinski definition) is 0. The third-order valence-corrected chi connectivity index (χ3v) is 2.95. The molecule has 0 aromatic heterocycles. The summed E-state index contributed by atoms with van der Waals surface area (Å²) in [7, 11) is 1.34. The largest absolute Gasteiger partial charge is 0.469 e. The summed E-state index contributed by atoms with van der Waals surface area (Å²) in [5.74, 6) is -0.104. The van der Waals surface area contributed by atoms with Crippen LogP contribution in [-0.4, -0.2) is 13.1 Å². The maximum absolute atomic E-state index is 11.3. The van der Waals surface area contributed by atoms with Crippen molar-refractivity contribution in [3.8, 4) is 6.07 Å². The van der Waals surface area contributed by atoms with Crippen molar-refractivity contribution < 1.29 is 9.53 Å². The van der Waals surface area contributed by atoms with E-state index in [2.05, 4.69) is 10.8 Å². The summed E-state index contributed by atoms with van der Waals surface area (Å²) in [6.45, 7) is 1.98. The van der Waals surface area contributed by atoms with Crippen molar-refractivity contribution in [1.29, 1.82) is 5.26 Å². The number of alkyl halides is 1. The average molecular weight is 252 g/mol. The van der Waals surface area contributed by atoms with Crippen molar-refractivity contribution in [2.75, 3.05) is 7.11 Å². The van der Waals surface area contributed by atoms with Gasteiger partial charge < -0.3 is 4.74 Å². The second-order valence-electron chi connectivity index (χ2n) is 3.59. The van der Waals surface area contributed by atoms with Gasteiger partial charge in [-0.25, -0.2) is 0 Å². The van der Waals surface area contributed by atoms with Crippen molar-refractivity contribution in [2.45, 2.75) is 25.6 Å². The molecule has 0 saturated carbocycles. The average Bonchev–Trinajstić information content (AvgIpc) is 2.37. The lowest BCUT2D eigenvalue weighted by molar-refractivity contribution is -0.139. The number of halogens is 1. The number of aryl methyl sites for hydroxylation is 1. The van der Waals surface area contributed by atoms with Crippen molar-refractivity contribution in [3.05, 3.63) is 34.4 Å². The van der Waals surface area contributed by atoms with Crippen molar-refractivity contribution in [3.63, 3.8) is 0 Å². The van der Waals surface area contributed by atoms with Gasteiger partial charge in [0.15, 0.2) is 0 Å². The standard InChI is InChI=1S/C13H14ClNO2/c1-3-9-4-5-10(6-13(16)17-2)11(7-14)12(9)8-15/h4-5H,3,6-7H2,1-2H3. The van der Waals surface area contributed by atoms with E-state index in [9.17, 15) is 4.79 Å². The van der Waals surface area contributed by atoms with Crippen LogP contribution in [-0.2, 0) is 28.3 Å². The minimum Gasteiger partial charge on any atom is -0.469 e. The monoisotopic (exact) mass is 251 g/mol. The molecule has 0 aliphatic heterocycles. The smallest absolute Gasteiger partial charge is 0.309 e. The van der Waals surface area contributed by atoms with Gasteiger partial charge in [-0.3, -0.25) is 4.79 Å². The van der Waals surface area contributed by atoms with Crippen LogP contribution >= 0.6 is 11.6 Å². The highest BCUT2D eigenvalue weighted by atomic mass is 35.5. The number of carbonyl (C=O) groups excluding carboxylic acids is 1. The first kappa shape index (κ1) is 13.5. The van der Waals surface area contributed by atoms with Gasteiger partial charge in [0.1, 0.15) is 0 Å². The van der Waals surface area contributed by atoms with Gasteiger partial charge in [0, 0.05) is 5.88 Å². The van der Waals surface area contributed by atoms with Crippen LogP contribution in [0.4, 0.5) is 0 Å². The predicted octanol–water partition coefficient (Wildman–Crippen LogP) is 2.57. The molecule has 17 heavy (non-hydrogen) atoms. The molecule has 1 aromatic rings. The molecule has 3 nitrogen and oxygen atoms in total. The van der Waals surface area contributed by atoms with Crippen LogP contribution in [0.25, 0.3) is 0 Å². The van der Waals surface area contributed by atoms with E-state index in [0.717, 1.165) is 23.1 Å². The highest BCUT2D eigenvalue weighted by Crippen LogP contribution is 2.22. The molecule has 0 fully saturated rings. The van der Waals surface area contributed by atoms with E-state index in [-0.39, 0.29) is 18.3 Å². The molecule has 0 aliphatic carbocycles. The first-order chi connectivity index (χ1) is 8.17. The van der Waals surface area contributed by atoms with Crippen LogP contribution in [0.5, 0.6) is 0 Å². The first-order valence-electron chi connectivity index (χ1n) is 5.34. The third-order valence-electron chi connectivity index (χ3n) is 2.69. The topological polar surface area (TPSA) is 50.1 Å². The van der Waals surface area contributed by atoms with Crippen LogP contribution in [0.15, 0.2) is 12.1 Å². The van der Waals surface area contributed by atoms with Gasteiger partial charge in [0.05, 0.1) is 25.2 Å². The Labute approximate surface area is 106 Å². The fourth-order valence-corrected chi connectivity index (χ4v) is 2.02. The summed E-state index contributed by atoms with van der Waals surface area (Å²) in [4.78, 5) is 11.3. The second kappa shape index (κ2) is 6.27. The van der Waals surface area contributed by atoms with Gasteiger partial charge in [-0.15, -0.1) is 11.6 Å². The van der Waals surface area contributed by atoms with E-state index in [1.54, 1.807) is 0 Å². The maximum atomic E-state index is 11.3. The zero-order valence-corrected chi connectivity index (χ0v) is 10.7. The highest BCUT2D eigenvalue weighted by molar-refractivity contribution is 6.17. The Kier molecular flexibility index (Phi) is 4.99. The molecule has 0 atom stereocenters. The molecule has 0 radical (unpaired) electrons. The molecule has 0 unspecified atom stereocenters. The Morgan fingerprint density at radius 2 is 2.12 bits per heavy atom. The molecular weight excluding hydrogens is 238 g/mol. The molecule has 4 heteroatoms. The zero-order valence-electron chi connectivity index (χ0n) is 9.92. The van der Waals surface area contributed by atoms with Crippen molar-refractivity contribution in [2.24, 2.45) is 0 Å². The molecule has 90 valence electrons. The first-order valence-corrected chi connectivity index (χ1v) is 5.87. The van der Waals surface area contributed by atoms with E-state index < -0.39 is 0 Å². The van der Waals surface area contributed by atoms with E-state index in [1.165, 1.54) is 7.11 Å². The number of esters is 1. The molecule has 0 N–H and O–H groups in total. The molecule has 0 heterocycles. The van der Waals surface area contributed by atoms with Gasteiger partial charge >= 0.3 is 5.97 Å². The van der Waals surface area contributed by atoms with Gasteiger partial charge in [-0.2, -0.15) is 5.26 Å². The van der Waals surface area contributed by atoms with Crippen LogP contribution in [0.1, 0.15) is 29.2 Å². The Bertz CT molecular complexity index is 463. The van der Waals surface area contributed by atoms with E-state index in [0.29, 0.717) is 5.56 Å². The quantitative estimate of drug-likeness (QED) is 0.610. The summed E-state index contributed by atoms with van der Waals surface area (Å²) < 4.78 is 4.62. The fourth-order valence-electron chi connectivity index (χ4n) is 1.72. The molecule has 0 spiro atoms. The Hall–Kier alpha value is -1.53. The summed E-state index contributed by atoms with van der Waals surface area (Å²) >= 11 is 5.87. The molecule has 0 amide bonds. The van der Waals surface area contributed by atoms with E-state index in [1.807, 2.05) is 19.1 Å². The minimum atomic E-state index is -0.329. The summed E-state index contributed by atoms with van der Waals surface area (Å²) in [6, 6.07) is 5.87. The number of ether oxygens (including phenoxy) is 1. The van der Waals surface area contributed by atoms with Gasteiger partial charge in [0.2, 0.25) is 0 Å². The fraction of sp³-hybridized carbons (Fsp3) is 0.385. The second-order valence-corrected chi connectivity index (χ2v) is 3.86. The molecule has 0 saturated heterocycles. The maximum Gasteiger partial charge on any atom is 0.309 e. The zero-order chi connectivity index (χ0) is 12.8. The summed E-state index contributed by atoms with van der Waals surface area (Å²) in [5.41, 5.74) is 3.04. The number of nitrogens with zero attached hydrogens (tertiary/aromatic N) is 1. The molecule has 0 bridgehead atoms. The van der Waals surface area contributed by atoms with Crippen LogP contribution in [0, 0.1) is 11.3 Å². The number of benzene rings is 1. The Balaban J connectivity index is 3.24. The van der Waals surface area contributed by atoms with Gasteiger partial charge in [-0.1, -0.05) is 19.1 Å². The van der Waals surface area contributed by atoms with Crippen molar-refractivity contribution in [1.82, 2.24) is 0 Å². The summed E-state index contributed by atoms with van der Waals surface area (Å²) in [5, 5.41) is 9.15. The highest BCUT2D eigenvalue weighted by Gasteiger charge is 2.14. The molecule has 0 aliphatic rings. The number of carbonyl (C=O) groups is 1. The lowest BCUT2D eigenvalue weighted by Crippen LogP contribution is -2.08. The predicted molar refractivity (Wildman–Crippen MR) is 65.8 cm³/mol. The molecule has 1 aromatic carbocycles. The van der Waals surface area contributed by atoms with Crippen molar-refractivity contribution >= 4 is 17.6 Å². The minimum absolute atomic E-state index is 0.150. The third kappa shape index (κ3) is 2.98. The van der Waals surface area contributed by atoms with Gasteiger partial charge in [-0.05, 0) is 23.1 Å². The van der Waals surface area contributed by atoms with Crippen LogP contribution in [0.3, 0.4) is 0 Å². The molecule has 1 rings (SSSR count). The number of nitriles is 1. The lowest BCUT2D eigenvalue weighted by Gasteiger charge is -2.11. The van der Waals surface area contributed by atoms with Crippen LogP contribution in [0.2, 0.25) is 0 Å².